The molecule has 170 valence electrons. The molecule has 1 fully saturated rings. The molecule has 0 heterocycles. The van der Waals surface area contributed by atoms with Gasteiger partial charge in [0, 0.05) is 11.1 Å². The Kier molecular flexibility index (Phi) is 8.17. The fourth-order valence-corrected chi connectivity index (χ4v) is 3.96. The van der Waals surface area contributed by atoms with E-state index in [1.54, 1.807) is 25.3 Å². The molecule has 0 saturated heterocycles. The van der Waals surface area contributed by atoms with Crippen LogP contribution in [0.15, 0.2) is 48.5 Å². The molecule has 1 amide bonds. The third kappa shape index (κ3) is 6.04. The van der Waals surface area contributed by atoms with Crippen LogP contribution in [0.5, 0.6) is 11.5 Å². The van der Waals surface area contributed by atoms with Crippen molar-refractivity contribution in [1.29, 1.82) is 0 Å². The topological polar surface area (TPSA) is 73.9 Å². The molecule has 0 aliphatic heterocycles. The number of hydrogen-bond donors (Lipinski definition) is 1. The number of benzene rings is 2. The standard InChI is InChI=1S/C25H28ClNO5/c1-30-22-16-18(8-12-21(22)32-17-19-6-10-20(26)11-7-19)9-13-23(28)27-25(24(29)31-2)14-4-3-5-15-25/h6-13,16H,3-5,14-15,17H2,1-2H3,(H,27,28)/b13-9+. The van der Waals surface area contributed by atoms with Gasteiger partial charge in [0.05, 0.1) is 14.2 Å². The predicted molar refractivity (Wildman–Crippen MR) is 124 cm³/mol. The fraction of sp³-hybridized carbons (Fsp3) is 0.360. The van der Waals surface area contributed by atoms with Gasteiger partial charge in [-0.1, -0.05) is 49.1 Å². The van der Waals surface area contributed by atoms with Gasteiger partial charge in [-0.15, -0.1) is 0 Å². The molecule has 3 rings (SSSR count). The van der Waals surface area contributed by atoms with Crippen molar-refractivity contribution in [2.45, 2.75) is 44.2 Å². The molecule has 2 aromatic rings. The Balaban J connectivity index is 1.65. The number of nitrogens with one attached hydrogen (secondary N) is 1. The van der Waals surface area contributed by atoms with Crippen molar-refractivity contribution >= 4 is 29.6 Å². The number of ether oxygens (including phenoxy) is 3. The molecule has 0 aromatic heterocycles. The van der Waals surface area contributed by atoms with Crippen molar-refractivity contribution in [2.24, 2.45) is 0 Å². The molecule has 1 aliphatic carbocycles. The van der Waals surface area contributed by atoms with Crippen molar-refractivity contribution < 1.29 is 23.8 Å². The van der Waals surface area contributed by atoms with E-state index in [2.05, 4.69) is 5.32 Å². The third-order valence-electron chi connectivity index (χ3n) is 5.57. The van der Waals surface area contributed by atoms with E-state index in [0.717, 1.165) is 30.4 Å². The zero-order valence-electron chi connectivity index (χ0n) is 18.4. The van der Waals surface area contributed by atoms with Gasteiger partial charge in [-0.3, -0.25) is 4.79 Å². The van der Waals surface area contributed by atoms with E-state index in [-0.39, 0.29) is 11.9 Å². The summed E-state index contributed by atoms with van der Waals surface area (Å²) in [6.07, 6.45) is 7.09. The number of methoxy groups -OCH3 is 2. The van der Waals surface area contributed by atoms with E-state index in [0.29, 0.717) is 36.0 Å². The van der Waals surface area contributed by atoms with Gasteiger partial charge in [-0.05, 0) is 54.3 Å². The molecule has 0 radical (unpaired) electrons. The van der Waals surface area contributed by atoms with Crippen LogP contribution in [0, 0.1) is 0 Å². The lowest BCUT2D eigenvalue weighted by Gasteiger charge is -2.34. The highest BCUT2D eigenvalue weighted by Gasteiger charge is 2.41. The van der Waals surface area contributed by atoms with Gasteiger partial charge < -0.3 is 19.5 Å². The van der Waals surface area contributed by atoms with Crippen LogP contribution in [0.4, 0.5) is 0 Å². The first kappa shape index (κ1) is 23.7. The highest BCUT2D eigenvalue weighted by Crippen LogP contribution is 2.31. The first-order valence-corrected chi connectivity index (χ1v) is 11.0. The summed E-state index contributed by atoms with van der Waals surface area (Å²) in [5, 5.41) is 3.54. The molecule has 0 atom stereocenters. The van der Waals surface area contributed by atoms with E-state index >= 15 is 0 Å². The van der Waals surface area contributed by atoms with Crippen molar-refractivity contribution in [3.63, 3.8) is 0 Å². The number of hydrogen-bond acceptors (Lipinski definition) is 5. The summed E-state index contributed by atoms with van der Waals surface area (Å²) in [5.74, 6) is 0.429. The van der Waals surface area contributed by atoms with E-state index in [4.69, 9.17) is 25.8 Å². The minimum absolute atomic E-state index is 0.334. The van der Waals surface area contributed by atoms with E-state index in [9.17, 15) is 9.59 Å². The van der Waals surface area contributed by atoms with Crippen LogP contribution in [0.2, 0.25) is 5.02 Å². The Morgan fingerprint density at radius 2 is 1.75 bits per heavy atom. The minimum atomic E-state index is -0.939. The number of carbonyl (C=O) groups excluding carboxylic acids is 2. The van der Waals surface area contributed by atoms with Crippen LogP contribution in [-0.2, 0) is 20.9 Å². The summed E-state index contributed by atoms with van der Waals surface area (Å²) in [5.41, 5.74) is 0.816. The summed E-state index contributed by atoms with van der Waals surface area (Å²) in [7, 11) is 2.91. The zero-order valence-corrected chi connectivity index (χ0v) is 19.1. The SMILES string of the molecule is COC(=O)C1(NC(=O)/C=C/c2ccc(OCc3ccc(Cl)cc3)c(OC)c2)CCCCC1. The van der Waals surface area contributed by atoms with Crippen molar-refractivity contribution in [3.8, 4) is 11.5 Å². The monoisotopic (exact) mass is 457 g/mol. The molecule has 32 heavy (non-hydrogen) atoms. The van der Waals surface area contributed by atoms with Crippen LogP contribution >= 0.6 is 11.6 Å². The molecular weight excluding hydrogens is 430 g/mol. The number of halogens is 1. The first-order valence-electron chi connectivity index (χ1n) is 10.6. The number of carbonyl (C=O) groups is 2. The molecule has 0 spiro atoms. The summed E-state index contributed by atoms with van der Waals surface area (Å²) >= 11 is 5.91. The third-order valence-corrected chi connectivity index (χ3v) is 5.82. The second-order valence-corrected chi connectivity index (χ2v) is 8.22. The second kappa shape index (κ2) is 11.0. The van der Waals surface area contributed by atoms with Crippen LogP contribution in [-0.4, -0.2) is 31.6 Å². The lowest BCUT2D eigenvalue weighted by Crippen LogP contribution is -2.55. The van der Waals surface area contributed by atoms with Gasteiger partial charge >= 0.3 is 5.97 Å². The summed E-state index contributed by atoms with van der Waals surface area (Å²) < 4.78 is 16.3. The quantitative estimate of drug-likeness (QED) is 0.449. The average Bonchev–Trinajstić information content (AvgIpc) is 2.82. The van der Waals surface area contributed by atoms with Crippen molar-refractivity contribution in [1.82, 2.24) is 5.32 Å². The maximum atomic E-state index is 12.5. The highest BCUT2D eigenvalue weighted by atomic mass is 35.5. The van der Waals surface area contributed by atoms with Gasteiger partial charge in [-0.2, -0.15) is 0 Å². The molecule has 2 aromatic carbocycles. The smallest absolute Gasteiger partial charge is 0.331 e. The van der Waals surface area contributed by atoms with Gasteiger partial charge in [0.1, 0.15) is 12.1 Å². The lowest BCUT2D eigenvalue weighted by molar-refractivity contribution is -0.152. The fourth-order valence-electron chi connectivity index (χ4n) is 3.83. The zero-order chi connectivity index (χ0) is 23.0. The first-order chi connectivity index (χ1) is 15.5. The Labute approximate surface area is 193 Å². The number of amides is 1. The molecule has 6 nitrogen and oxygen atoms in total. The molecule has 1 aliphatic rings. The minimum Gasteiger partial charge on any atom is -0.493 e. The Bertz CT molecular complexity index is 965. The molecule has 0 unspecified atom stereocenters. The Hall–Kier alpha value is -2.99. The largest absolute Gasteiger partial charge is 0.493 e. The predicted octanol–water partition coefficient (Wildman–Crippen LogP) is 4.93. The van der Waals surface area contributed by atoms with Gasteiger partial charge in [0.2, 0.25) is 5.91 Å². The Morgan fingerprint density at radius 3 is 2.41 bits per heavy atom. The lowest BCUT2D eigenvalue weighted by atomic mass is 9.81. The molecule has 0 bridgehead atoms. The van der Waals surface area contributed by atoms with Crippen LogP contribution in [0.3, 0.4) is 0 Å². The van der Waals surface area contributed by atoms with E-state index in [1.807, 2.05) is 30.3 Å². The molecule has 7 heteroatoms. The van der Waals surface area contributed by atoms with E-state index < -0.39 is 5.54 Å². The normalized spacial score (nSPS) is 15.2. The number of rotatable bonds is 8. The van der Waals surface area contributed by atoms with Crippen LogP contribution in [0.1, 0.15) is 43.2 Å². The van der Waals surface area contributed by atoms with E-state index in [1.165, 1.54) is 13.2 Å². The van der Waals surface area contributed by atoms with Crippen molar-refractivity contribution in [3.05, 3.63) is 64.7 Å². The molecule has 1 saturated carbocycles. The Morgan fingerprint density at radius 1 is 1.03 bits per heavy atom. The maximum absolute atomic E-state index is 12.5. The average molecular weight is 458 g/mol. The van der Waals surface area contributed by atoms with Gasteiger partial charge in [0.15, 0.2) is 11.5 Å². The molecular formula is C25H28ClNO5. The summed E-state index contributed by atoms with van der Waals surface area (Å²) in [4.78, 5) is 24.8. The van der Waals surface area contributed by atoms with Gasteiger partial charge in [0.25, 0.3) is 0 Å². The molecule has 1 N–H and O–H groups in total. The summed E-state index contributed by atoms with van der Waals surface area (Å²) in [6.45, 7) is 0.376. The second-order valence-electron chi connectivity index (χ2n) is 7.78. The summed E-state index contributed by atoms with van der Waals surface area (Å²) in [6, 6.07) is 12.8. The van der Waals surface area contributed by atoms with Crippen molar-refractivity contribution in [2.75, 3.05) is 14.2 Å². The van der Waals surface area contributed by atoms with Crippen LogP contribution in [0.25, 0.3) is 6.08 Å². The van der Waals surface area contributed by atoms with Gasteiger partial charge in [-0.25, -0.2) is 4.79 Å². The van der Waals surface area contributed by atoms with Crippen LogP contribution < -0.4 is 14.8 Å². The number of esters is 1. The maximum Gasteiger partial charge on any atom is 0.331 e. The highest BCUT2D eigenvalue weighted by molar-refractivity contribution is 6.30.